The van der Waals surface area contributed by atoms with Crippen LogP contribution in [0.15, 0.2) is 28.9 Å². The molecule has 0 saturated heterocycles. The molecule has 0 aromatic carbocycles. The van der Waals surface area contributed by atoms with Gasteiger partial charge in [0.25, 0.3) is 0 Å². The van der Waals surface area contributed by atoms with Gasteiger partial charge >= 0.3 is 19.5 Å². The maximum atomic E-state index is 13.3. The molecule has 0 aliphatic heterocycles. The monoisotopic (exact) mass is 388 g/mol. The van der Waals surface area contributed by atoms with Gasteiger partial charge < -0.3 is 22.9 Å². The molecular weight excluding hydrogens is 363 g/mol. The number of carbonyl (C=O) groups is 2. The summed E-state index contributed by atoms with van der Waals surface area (Å²) in [6.07, 6.45) is 3.73. The lowest BCUT2D eigenvalue weighted by Gasteiger charge is -2.23. The fourth-order valence-corrected chi connectivity index (χ4v) is 4.17. The summed E-state index contributed by atoms with van der Waals surface area (Å²) in [5.41, 5.74) is -0.792. The van der Waals surface area contributed by atoms with Crippen molar-refractivity contribution in [2.24, 2.45) is 0 Å². The largest absolute Gasteiger partial charge is 0.463 e. The van der Waals surface area contributed by atoms with Crippen LogP contribution in [0.5, 0.6) is 0 Å². The van der Waals surface area contributed by atoms with Crippen LogP contribution in [0.4, 0.5) is 0 Å². The summed E-state index contributed by atoms with van der Waals surface area (Å²) in [4.78, 5) is 23.8. The van der Waals surface area contributed by atoms with Crippen LogP contribution in [0.25, 0.3) is 0 Å². The highest BCUT2D eigenvalue weighted by atomic mass is 31.2. The summed E-state index contributed by atoms with van der Waals surface area (Å²) in [5, 5.41) is 0. The molecule has 0 saturated carbocycles. The average Bonchev–Trinajstić information content (AvgIpc) is 3.05. The molecule has 0 bridgehead atoms. The fourth-order valence-electron chi connectivity index (χ4n) is 2.21. The van der Waals surface area contributed by atoms with E-state index in [1.807, 2.05) is 0 Å². The molecule has 1 rings (SSSR count). The minimum absolute atomic E-state index is 0.119. The van der Waals surface area contributed by atoms with Crippen LogP contribution in [0, 0.1) is 0 Å². The highest BCUT2D eigenvalue weighted by Crippen LogP contribution is 2.62. The molecule has 0 aliphatic carbocycles. The van der Waals surface area contributed by atoms with Gasteiger partial charge in [0.15, 0.2) is 0 Å². The zero-order chi connectivity index (χ0) is 19.6. The predicted octanol–water partition coefficient (Wildman–Crippen LogP) is 3.88. The molecule has 0 amide bonds. The van der Waals surface area contributed by atoms with Crippen molar-refractivity contribution in [2.45, 2.75) is 33.4 Å². The van der Waals surface area contributed by atoms with Gasteiger partial charge in [0.1, 0.15) is 5.66 Å². The van der Waals surface area contributed by atoms with E-state index < -0.39 is 25.2 Å². The minimum Gasteiger partial charge on any atom is -0.463 e. The van der Waals surface area contributed by atoms with E-state index >= 15 is 0 Å². The number of furan rings is 1. The SMILES string of the molecule is CCOC(=O)/C=C/C(c1ccoc1C(=O)OCC)P(=O)(OCC)OCC. The quantitative estimate of drug-likeness (QED) is 0.320. The molecule has 0 radical (unpaired) electrons. The van der Waals surface area contributed by atoms with Gasteiger partial charge in [0.2, 0.25) is 5.76 Å². The Kier molecular flexibility index (Phi) is 9.34. The van der Waals surface area contributed by atoms with Crippen molar-refractivity contribution < 1.29 is 37.1 Å². The van der Waals surface area contributed by atoms with Gasteiger partial charge in [-0.1, -0.05) is 6.08 Å². The number of hydrogen-bond acceptors (Lipinski definition) is 8. The summed E-state index contributed by atoms with van der Waals surface area (Å²) in [6, 6.07) is 1.47. The summed E-state index contributed by atoms with van der Waals surface area (Å²) < 4.78 is 39.0. The van der Waals surface area contributed by atoms with Crippen molar-refractivity contribution in [2.75, 3.05) is 26.4 Å². The number of carbonyl (C=O) groups excluding carboxylic acids is 2. The lowest BCUT2D eigenvalue weighted by molar-refractivity contribution is -0.137. The lowest BCUT2D eigenvalue weighted by atomic mass is 10.1. The average molecular weight is 388 g/mol. The Bertz CT molecular complexity index is 653. The fraction of sp³-hybridized carbons (Fsp3) is 0.529. The second kappa shape index (κ2) is 11.0. The Balaban J connectivity index is 3.37. The third kappa shape index (κ3) is 5.83. The van der Waals surface area contributed by atoms with E-state index in [0.29, 0.717) is 0 Å². The molecule has 1 atom stereocenters. The van der Waals surface area contributed by atoms with Crippen LogP contribution in [0.2, 0.25) is 0 Å². The smallest absolute Gasteiger partial charge is 0.374 e. The van der Waals surface area contributed by atoms with Crippen LogP contribution in [0.3, 0.4) is 0 Å². The van der Waals surface area contributed by atoms with Gasteiger partial charge in [-0.25, -0.2) is 9.59 Å². The van der Waals surface area contributed by atoms with Gasteiger partial charge in [0.05, 0.1) is 32.7 Å². The molecular formula is C17H25O8P. The summed E-state index contributed by atoms with van der Waals surface area (Å²) in [6.45, 7) is 7.24. The van der Waals surface area contributed by atoms with Crippen molar-refractivity contribution in [1.82, 2.24) is 0 Å². The number of esters is 2. The molecule has 1 aromatic heterocycles. The molecule has 0 N–H and O–H groups in total. The topological polar surface area (TPSA) is 101 Å². The summed E-state index contributed by atoms with van der Waals surface area (Å²) in [7, 11) is -3.74. The lowest BCUT2D eigenvalue weighted by Crippen LogP contribution is -2.11. The first-order chi connectivity index (χ1) is 12.4. The second-order valence-corrected chi connectivity index (χ2v) is 7.01. The van der Waals surface area contributed by atoms with Gasteiger partial charge in [-0.05, 0) is 33.8 Å². The number of ether oxygens (including phenoxy) is 2. The predicted molar refractivity (Wildman–Crippen MR) is 94.0 cm³/mol. The van der Waals surface area contributed by atoms with Crippen molar-refractivity contribution in [3.05, 3.63) is 35.8 Å². The van der Waals surface area contributed by atoms with Gasteiger partial charge in [-0.15, -0.1) is 0 Å². The van der Waals surface area contributed by atoms with Gasteiger partial charge in [0, 0.05) is 11.6 Å². The third-order valence-electron chi connectivity index (χ3n) is 3.14. The van der Waals surface area contributed by atoms with E-state index in [4.69, 9.17) is 22.9 Å². The Morgan fingerprint density at radius 1 is 1.08 bits per heavy atom. The first kappa shape index (κ1) is 22.2. The van der Waals surface area contributed by atoms with Gasteiger partial charge in [-0.3, -0.25) is 4.57 Å². The van der Waals surface area contributed by atoms with E-state index in [2.05, 4.69) is 0 Å². The molecule has 0 aliphatic rings. The van der Waals surface area contributed by atoms with E-state index in [0.717, 1.165) is 6.08 Å². The normalized spacial score (nSPS) is 12.9. The molecule has 8 nitrogen and oxygen atoms in total. The maximum absolute atomic E-state index is 13.3. The van der Waals surface area contributed by atoms with Crippen molar-refractivity contribution in [3.8, 4) is 0 Å². The zero-order valence-corrected chi connectivity index (χ0v) is 16.3. The van der Waals surface area contributed by atoms with E-state index in [1.54, 1.807) is 27.7 Å². The Morgan fingerprint density at radius 2 is 1.69 bits per heavy atom. The standard InChI is InChI=1S/C17H25O8P/c1-5-21-15(18)10-9-14(26(20,24-7-3)25-8-4)13-11-12-23-16(13)17(19)22-6-2/h9-12,14H,5-8H2,1-4H3/b10-9+. The number of rotatable bonds is 11. The van der Waals surface area contributed by atoms with Crippen LogP contribution in [-0.4, -0.2) is 38.4 Å². The first-order valence-electron chi connectivity index (χ1n) is 8.41. The van der Waals surface area contributed by atoms with Crippen molar-refractivity contribution in [3.63, 3.8) is 0 Å². The molecule has 1 aromatic rings. The molecule has 0 spiro atoms. The van der Waals surface area contributed by atoms with Crippen LogP contribution in [0.1, 0.15) is 49.5 Å². The van der Waals surface area contributed by atoms with Crippen LogP contribution in [-0.2, 0) is 27.9 Å². The highest BCUT2D eigenvalue weighted by molar-refractivity contribution is 7.54. The van der Waals surface area contributed by atoms with E-state index in [-0.39, 0.29) is 37.8 Å². The van der Waals surface area contributed by atoms with Crippen molar-refractivity contribution >= 4 is 19.5 Å². The Labute approximate surface area is 153 Å². The third-order valence-corrected chi connectivity index (χ3v) is 5.50. The van der Waals surface area contributed by atoms with Crippen LogP contribution < -0.4 is 0 Å². The molecule has 0 fully saturated rings. The molecule has 146 valence electrons. The summed E-state index contributed by atoms with van der Waals surface area (Å²) in [5.74, 6) is -1.44. The Morgan fingerprint density at radius 3 is 2.23 bits per heavy atom. The van der Waals surface area contributed by atoms with Crippen LogP contribution >= 0.6 is 7.60 Å². The van der Waals surface area contributed by atoms with Gasteiger partial charge in [-0.2, -0.15) is 0 Å². The maximum Gasteiger partial charge on any atom is 0.374 e. The molecule has 1 unspecified atom stereocenters. The van der Waals surface area contributed by atoms with E-state index in [9.17, 15) is 14.2 Å². The van der Waals surface area contributed by atoms with E-state index in [1.165, 1.54) is 18.4 Å². The number of allylic oxidation sites excluding steroid dienone is 1. The first-order valence-corrected chi connectivity index (χ1v) is 10.0. The zero-order valence-electron chi connectivity index (χ0n) is 15.4. The second-order valence-electron chi connectivity index (χ2n) is 4.86. The molecule has 9 heteroatoms. The molecule has 26 heavy (non-hydrogen) atoms. The minimum atomic E-state index is -3.74. The summed E-state index contributed by atoms with van der Waals surface area (Å²) >= 11 is 0. The number of hydrogen-bond donors (Lipinski definition) is 0. The Hall–Kier alpha value is -1.89. The highest BCUT2D eigenvalue weighted by Gasteiger charge is 2.39. The molecule has 1 heterocycles. The van der Waals surface area contributed by atoms with Crippen molar-refractivity contribution in [1.29, 1.82) is 0 Å².